The number of fused-ring (bicyclic) bond motifs is 1. The maximum Gasteiger partial charge on any atom is 0.290 e. The van der Waals surface area contributed by atoms with E-state index in [1.807, 2.05) is 43.3 Å². The fourth-order valence-electron chi connectivity index (χ4n) is 4.18. The van der Waals surface area contributed by atoms with E-state index in [-0.39, 0.29) is 17.9 Å². The highest BCUT2D eigenvalue weighted by molar-refractivity contribution is 6.31. The highest BCUT2D eigenvalue weighted by Gasteiger charge is 2.44. The van der Waals surface area contributed by atoms with Gasteiger partial charge >= 0.3 is 0 Å². The number of amides is 1. The Bertz CT molecular complexity index is 1420. The molecule has 0 aliphatic carbocycles. The van der Waals surface area contributed by atoms with Crippen LogP contribution in [-0.2, 0) is 11.3 Å². The van der Waals surface area contributed by atoms with Gasteiger partial charge in [0.25, 0.3) is 5.91 Å². The van der Waals surface area contributed by atoms with Gasteiger partial charge in [-0.1, -0.05) is 23.7 Å². The van der Waals surface area contributed by atoms with Crippen molar-refractivity contribution in [2.75, 3.05) is 19.0 Å². The molecule has 0 saturated carbocycles. The van der Waals surface area contributed by atoms with Crippen molar-refractivity contribution in [3.05, 3.63) is 100 Å². The summed E-state index contributed by atoms with van der Waals surface area (Å²) in [5.74, 6) is -1.27. The largest absolute Gasteiger partial charge is 0.503 e. The number of halogens is 1. The molecule has 4 aromatic rings. The molecule has 2 aromatic carbocycles. The lowest BCUT2D eigenvalue weighted by Gasteiger charge is -2.26. The molecule has 1 aliphatic rings. The number of anilines is 1. The van der Waals surface area contributed by atoms with Gasteiger partial charge in [-0.3, -0.25) is 9.59 Å². The highest BCUT2D eigenvalue weighted by atomic mass is 35.5. The van der Waals surface area contributed by atoms with E-state index in [1.165, 1.54) is 11.2 Å². The van der Waals surface area contributed by atoms with Crippen LogP contribution in [0.3, 0.4) is 0 Å². The molecule has 1 amide bonds. The van der Waals surface area contributed by atoms with Gasteiger partial charge in [0.2, 0.25) is 5.78 Å². The Balaban J connectivity index is 1.59. The van der Waals surface area contributed by atoms with E-state index in [1.54, 1.807) is 36.4 Å². The average Bonchev–Trinajstić information content (AvgIpc) is 3.54. The molecule has 0 radical (unpaired) electrons. The Labute approximate surface area is 200 Å². The SMILES string of the molecule is CN(C)c1ccc(C2C(C(=O)c3cc4cc(Cl)ccc4o3)=C(O)C(=O)N2Cc2ccco2)cc1. The number of hydrogen-bond acceptors (Lipinski definition) is 6. The molecule has 7 nitrogen and oxygen atoms in total. The predicted molar refractivity (Wildman–Crippen MR) is 128 cm³/mol. The number of carbonyl (C=O) groups is 2. The normalized spacial score (nSPS) is 16.0. The maximum atomic E-state index is 13.6. The van der Waals surface area contributed by atoms with Crippen LogP contribution in [-0.4, -0.2) is 35.8 Å². The number of carbonyl (C=O) groups excluding carboxylic acids is 2. The van der Waals surface area contributed by atoms with Gasteiger partial charge in [0.1, 0.15) is 11.3 Å². The van der Waals surface area contributed by atoms with E-state index >= 15 is 0 Å². The van der Waals surface area contributed by atoms with Crippen LogP contribution in [0.1, 0.15) is 27.9 Å². The number of ketones is 1. The van der Waals surface area contributed by atoms with Gasteiger partial charge in [-0.2, -0.15) is 0 Å². The summed E-state index contributed by atoms with van der Waals surface area (Å²) in [6.07, 6.45) is 1.51. The predicted octanol–water partition coefficient (Wildman–Crippen LogP) is 5.52. The van der Waals surface area contributed by atoms with Crippen LogP contribution in [0.15, 0.2) is 87.1 Å². The number of benzene rings is 2. The van der Waals surface area contributed by atoms with Crippen molar-refractivity contribution in [3.63, 3.8) is 0 Å². The van der Waals surface area contributed by atoms with Crippen molar-refractivity contribution in [3.8, 4) is 0 Å². The molecule has 0 spiro atoms. The summed E-state index contributed by atoms with van der Waals surface area (Å²) < 4.78 is 11.2. The lowest BCUT2D eigenvalue weighted by molar-refractivity contribution is -0.130. The third-order valence-corrected chi connectivity index (χ3v) is 6.12. The molecular weight excluding hydrogens is 456 g/mol. The van der Waals surface area contributed by atoms with Gasteiger partial charge in [0.15, 0.2) is 11.5 Å². The minimum Gasteiger partial charge on any atom is -0.503 e. The fraction of sp³-hybridized carbons (Fsp3) is 0.154. The van der Waals surface area contributed by atoms with Crippen LogP contribution in [0.2, 0.25) is 5.02 Å². The minimum atomic E-state index is -0.821. The van der Waals surface area contributed by atoms with Crippen molar-refractivity contribution >= 4 is 39.9 Å². The maximum absolute atomic E-state index is 13.6. The van der Waals surface area contributed by atoms with Gasteiger partial charge in [-0.25, -0.2) is 0 Å². The second kappa shape index (κ2) is 8.43. The molecule has 0 bridgehead atoms. The van der Waals surface area contributed by atoms with Crippen LogP contribution in [0, 0.1) is 0 Å². The van der Waals surface area contributed by atoms with Gasteiger partial charge in [-0.15, -0.1) is 0 Å². The lowest BCUT2D eigenvalue weighted by atomic mass is 9.94. The molecule has 0 fully saturated rings. The minimum absolute atomic E-state index is 0.0152. The van der Waals surface area contributed by atoms with E-state index in [9.17, 15) is 14.7 Å². The van der Waals surface area contributed by atoms with E-state index < -0.39 is 23.5 Å². The van der Waals surface area contributed by atoms with Crippen molar-refractivity contribution in [2.45, 2.75) is 12.6 Å². The molecule has 8 heteroatoms. The second-order valence-electron chi connectivity index (χ2n) is 8.29. The van der Waals surface area contributed by atoms with Crippen LogP contribution in [0.5, 0.6) is 0 Å². The number of furan rings is 2. The third-order valence-electron chi connectivity index (χ3n) is 5.88. The van der Waals surface area contributed by atoms with Crippen molar-refractivity contribution in [1.29, 1.82) is 0 Å². The first-order valence-corrected chi connectivity index (χ1v) is 11.0. The summed E-state index contributed by atoms with van der Waals surface area (Å²) in [4.78, 5) is 30.1. The van der Waals surface area contributed by atoms with E-state index in [0.717, 1.165) is 5.69 Å². The molecule has 1 unspecified atom stereocenters. The Morgan fingerprint density at radius 2 is 1.88 bits per heavy atom. The Hall–Kier alpha value is -3.97. The molecule has 1 aliphatic heterocycles. The monoisotopic (exact) mass is 476 g/mol. The molecule has 172 valence electrons. The second-order valence-corrected chi connectivity index (χ2v) is 8.72. The first-order chi connectivity index (χ1) is 16.3. The number of nitrogens with zero attached hydrogens (tertiary/aromatic N) is 2. The highest BCUT2D eigenvalue weighted by Crippen LogP contribution is 2.41. The summed E-state index contributed by atoms with van der Waals surface area (Å²) in [6.45, 7) is 0.0858. The van der Waals surface area contributed by atoms with Gasteiger partial charge in [0.05, 0.1) is 24.4 Å². The third kappa shape index (κ3) is 3.74. The van der Waals surface area contributed by atoms with Crippen LogP contribution in [0.4, 0.5) is 5.69 Å². The summed E-state index contributed by atoms with van der Waals surface area (Å²) in [5, 5.41) is 12.0. The average molecular weight is 477 g/mol. The zero-order valence-electron chi connectivity index (χ0n) is 18.5. The van der Waals surface area contributed by atoms with Crippen LogP contribution < -0.4 is 4.90 Å². The van der Waals surface area contributed by atoms with Crippen molar-refractivity contribution < 1.29 is 23.5 Å². The molecule has 0 saturated heterocycles. The number of rotatable bonds is 6. The molecule has 34 heavy (non-hydrogen) atoms. The fourth-order valence-corrected chi connectivity index (χ4v) is 4.36. The summed E-state index contributed by atoms with van der Waals surface area (Å²) in [6, 6.07) is 16.7. The van der Waals surface area contributed by atoms with Crippen molar-refractivity contribution in [2.24, 2.45) is 0 Å². The Morgan fingerprint density at radius 3 is 2.56 bits per heavy atom. The number of Topliss-reactive ketones (excluding diaryl/α,β-unsaturated/α-hetero) is 1. The van der Waals surface area contributed by atoms with Crippen molar-refractivity contribution in [1.82, 2.24) is 4.90 Å². The zero-order valence-corrected chi connectivity index (χ0v) is 19.2. The first kappa shape index (κ1) is 21.9. The molecular formula is C26H21ClN2O5. The number of aliphatic hydroxyl groups excluding tert-OH is 1. The van der Waals surface area contributed by atoms with E-state index in [0.29, 0.717) is 27.3 Å². The van der Waals surface area contributed by atoms with E-state index in [2.05, 4.69) is 0 Å². The Kier molecular flexibility index (Phi) is 5.42. The number of aliphatic hydroxyl groups is 1. The topological polar surface area (TPSA) is 87.1 Å². The van der Waals surface area contributed by atoms with Gasteiger partial charge in [-0.05, 0) is 54.1 Å². The summed E-state index contributed by atoms with van der Waals surface area (Å²) in [7, 11) is 3.84. The lowest BCUT2D eigenvalue weighted by Crippen LogP contribution is -2.30. The zero-order chi connectivity index (χ0) is 24.0. The molecule has 5 rings (SSSR count). The van der Waals surface area contributed by atoms with Crippen LogP contribution >= 0.6 is 11.6 Å². The standard InChI is InChI=1S/C26H21ClN2O5/c1-28(2)18-8-5-15(6-9-18)23-22(25(31)26(32)29(23)14-19-4-3-11-33-19)24(30)21-13-16-12-17(27)7-10-20(16)34-21/h3-13,23,31H,14H2,1-2H3. The van der Waals surface area contributed by atoms with Crippen LogP contribution in [0.25, 0.3) is 11.0 Å². The Morgan fingerprint density at radius 1 is 1.12 bits per heavy atom. The molecule has 3 heterocycles. The van der Waals surface area contributed by atoms with E-state index in [4.69, 9.17) is 20.4 Å². The summed E-state index contributed by atoms with van der Waals surface area (Å²) >= 11 is 6.06. The first-order valence-electron chi connectivity index (χ1n) is 10.6. The summed E-state index contributed by atoms with van der Waals surface area (Å²) in [5.41, 5.74) is 2.08. The number of hydrogen-bond donors (Lipinski definition) is 1. The molecule has 2 aromatic heterocycles. The smallest absolute Gasteiger partial charge is 0.290 e. The molecule has 1 atom stereocenters. The van der Waals surface area contributed by atoms with Gasteiger partial charge in [0, 0.05) is 30.2 Å². The molecule has 1 N–H and O–H groups in total. The van der Waals surface area contributed by atoms with Gasteiger partial charge < -0.3 is 23.7 Å². The quantitative estimate of drug-likeness (QED) is 0.368.